The van der Waals surface area contributed by atoms with E-state index in [1.807, 2.05) is 20.0 Å². The SMILES string of the molecule is Cc1cc(COc2ccc(N)c(Cl)c2)n(C)n1. The number of benzene rings is 1. The summed E-state index contributed by atoms with van der Waals surface area (Å²) in [4.78, 5) is 0. The van der Waals surface area contributed by atoms with Crippen LogP contribution in [0, 0.1) is 6.92 Å². The predicted octanol–water partition coefficient (Wildman–Crippen LogP) is 2.54. The lowest BCUT2D eigenvalue weighted by molar-refractivity contribution is 0.295. The first-order valence-electron chi connectivity index (χ1n) is 5.23. The Morgan fingerprint density at radius 2 is 2.18 bits per heavy atom. The molecule has 0 bridgehead atoms. The molecule has 0 saturated carbocycles. The standard InChI is InChI=1S/C12H14ClN3O/c1-8-5-9(16(2)15-8)7-17-10-3-4-12(14)11(13)6-10/h3-6H,7,14H2,1-2H3. The molecule has 0 fully saturated rings. The van der Waals surface area contributed by atoms with Crippen LogP contribution in [-0.4, -0.2) is 9.78 Å². The highest BCUT2D eigenvalue weighted by Gasteiger charge is 2.04. The average Bonchev–Trinajstić information content (AvgIpc) is 2.59. The largest absolute Gasteiger partial charge is 0.487 e. The summed E-state index contributed by atoms with van der Waals surface area (Å²) in [6.45, 7) is 2.40. The molecule has 4 nitrogen and oxygen atoms in total. The molecule has 1 aromatic carbocycles. The first kappa shape index (κ1) is 11.8. The van der Waals surface area contributed by atoms with Gasteiger partial charge in [-0.05, 0) is 25.1 Å². The van der Waals surface area contributed by atoms with Crippen LogP contribution in [-0.2, 0) is 13.7 Å². The first-order valence-corrected chi connectivity index (χ1v) is 5.61. The molecule has 0 aliphatic carbocycles. The molecular formula is C12H14ClN3O. The number of anilines is 1. The van der Waals surface area contributed by atoms with E-state index in [2.05, 4.69) is 5.10 Å². The Balaban J connectivity index is 2.07. The van der Waals surface area contributed by atoms with Crippen molar-refractivity contribution >= 4 is 17.3 Å². The molecule has 0 aliphatic heterocycles. The third-order valence-electron chi connectivity index (χ3n) is 2.46. The van der Waals surface area contributed by atoms with Crippen LogP contribution in [0.1, 0.15) is 11.4 Å². The monoisotopic (exact) mass is 251 g/mol. The lowest BCUT2D eigenvalue weighted by atomic mass is 10.3. The maximum absolute atomic E-state index is 5.91. The van der Waals surface area contributed by atoms with Gasteiger partial charge in [0.25, 0.3) is 0 Å². The Morgan fingerprint density at radius 1 is 1.41 bits per heavy atom. The molecule has 0 saturated heterocycles. The molecule has 1 aromatic heterocycles. The van der Waals surface area contributed by atoms with E-state index < -0.39 is 0 Å². The number of ether oxygens (including phenoxy) is 1. The number of nitrogen functional groups attached to an aromatic ring is 1. The molecule has 90 valence electrons. The van der Waals surface area contributed by atoms with Crippen molar-refractivity contribution in [3.05, 3.63) is 40.7 Å². The minimum Gasteiger partial charge on any atom is -0.487 e. The highest BCUT2D eigenvalue weighted by molar-refractivity contribution is 6.33. The van der Waals surface area contributed by atoms with Gasteiger partial charge in [-0.1, -0.05) is 11.6 Å². The van der Waals surface area contributed by atoms with Gasteiger partial charge >= 0.3 is 0 Å². The number of aryl methyl sites for hydroxylation is 2. The Labute approximate surface area is 105 Å². The molecule has 17 heavy (non-hydrogen) atoms. The van der Waals surface area contributed by atoms with Gasteiger partial charge < -0.3 is 10.5 Å². The fourth-order valence-electron chi connectivity index (χ4n) is 1.55. The first-order chi connectivity index (χ1) is 8.06. The van der Waals surface area contributed by atoms with Crippen molar-refractivity contribution < 1.29 is 4.74 Å². The summed E-state index contributed by atoms with van der Waals surface area (Å²) >= 11 is 5.91. The van der Waals surface area contributed by atoms with Gasteiger partial charge in [-0.3, -0.25) is 4.68 Å². The van der Waals surface area contributed by atoms with Crippen molar-refractivity contribution in [1.29, 1.82) is 0 Å². The van der Waals surface area contributed by atoms with Gasteiger partial charge in [0.15, 0.2) is 0 Å². The molecule has 0 spiro atoms. The number of hydrogen-bond acceptors (Lipinski definition) is 3. The smallest absolute Gasteiger partial charge is 0.130 e. The molecule has 2 aromatic rings. The van der Waals surface area contributed by atoms with Gasteiger partial charge in [0.2, 0.25) is 0 Å². The van der Waals surface area contributed by atoms with Gasteiger partial charge in [-0.2, -0.15) is 5.10 Å². The van der Waals surface area contributed by atoms with Gasteiger partial charge in [-0.25, -0.2) is 0 Å². The summed E-state index contributed by atoms with van der Waals surface area (Å²) in [5.74, 6) is 0.697. The van der Waals surface area contributed by atoms with Gasteiger partial charge in [-0.15, -0.1) is 0 Å². The van der Waals surface area contributed by atoms with Crippen LogP contribution in [0.3, 0.4) is 0 Å². The third-order valence-corrected chi connectivity index (χ3v) is 2.78. The molecule has 0 radical (unpaired) electrons. The molecular weight excluding hydrogens is 238 g/mol. The second-order valence-corrected chi connectivity index (χ2v) is 4.28. The van der Waals surface area contributed by atoms with Crippen molar-refractivity contribution in [3.63, 3.8) is 0 Å². The molecule has 0 amide bonds. The van der Waals surface area contributed by atoms with Gasteiger partial charge in [0.05, 0.1) is 22.1 Å². The van der Waals surface area contributed by atoms with Crippen LogP contribution in [0.5, 0.6) is 5.75 Å². The Morgan fingerprint density at radius 3 is 2.76 bits per heavy atom. The third kappa shape index (κ3) is 2.71. The summed E-state index contributed by atoms with van der Waals surface area (Å²) < 4.78 is 7.42. The zero-order chi connectivity index (χ0) is 12.4. The summed E-state index contributed by atoms with van der Waals surface area (Å²) in [6.07, 6.45) is 0. The quantitative estimate of drug-likeness (QED) is 0.853. The number of nitrogens with zero attached hydrogens (tertiary/aromatic N) is 2. The number of aromatic nitrogens is 2. The predicted molar refractivity (Wildman–Crippen MR) is 68.1 cm³/mol. The van der Waals surface area contributed by atoms with E-state index in [0.717, 1.165) is 11.4 Å². The molecule has 1 heterocycles. The van der Waals surface area contributed by atoms with Crippen LogP contribution in [0.25, 0.3) is 0 Å². The number of hydrogen-bond donors (Lipinski definition) is 1. The van der Waals surface area contributed by atoms with Crippen LogP contribution in [0.4, 0.5) is 5.69 Å². The maximum Gasteiger partial charge on any atom is 0.130 e. The zero-order valence-electron chi connectivity index (χ0n) is 9.77. The topological polar surface area (TPSA) is 53.1 Å². The van der Waals surface area contributed by atoms with E-state index in [4.69, 9.17) is 22.1 Å². The zero-order valence-corrected chi connectivity index (χ0v) is 10.5. The molecule has 0 atom stereocenters. The van der Waals surface area contributed by atoms with E-state index in [-0.39, 0.29) is 0 Å². The highest BCUT2D eigenvalue weighted by Crippen LogP contribution is 2.24. The lowest BCUT2D eigenvalue weighted by Crippen LogP contribution is -2.03. The van der Waals surface area contributed by atoms with E-state index in [9.17, 15) is 0 Å². The van der Waals surface area contributed by atoms with Gasteiger partial charge in [0, 0.05) is 13.1 Å². The normalized spacial score (nSPS) is 10.5. The van der Waals surface area contributed by atoms with Crippen molar-refractivity contribution in [2.45, 2.75) is 13.5 Å². The number of halogens is 1. The maximum atomic E-state index is 5.91. The summed E-state index contributed by atoms with van der Waals surface area (Å²) in [7, 11) is 1.89. The Kier molecular flexibility index (Phi) is 3.24. The second kappa shape index (κ2) is 4.67. The highest BCUT2D eigenvalue weighted by atomic mass is 35.5. The van der Waals surface area contributed by atoms with Crippen molar-refractivity contribution in [1.82, 2.24) is 9.78 Å². The Hall–Kier alpha value is -1.68. The van der Waals surface area contributed by atoms with Crippen molar-refractivity contribution in [2.75, 3.05) is 5.73 Å². The Bertz CT molecular complexity index is 537. The van der Waals surface area contributed by atoms with Crippen LogP contribution in [0.15, 0.2) is 24.3 Å². The van der Waals surface area contributed by atoms with Crippen LogP contribution in [0.2, 0.25) is 5.02 Å². The van der Waals surface area contributed by atoms with E-state index in [1.165, 1.54) is 0 Å². The molecule has 2 rings (SSSR count). The fourth-order valence-corrected chi connectivity index (χ4v) is 1.72. The van der Waals surface area contributed by atoms with Gasteiger partial charge in [0.1, 0.15) is 12.4 Å². The molecule has 5 heteroatoms. The second-order valence-electron chi connectivity index (χ2n) is 3.87. The minimum atomic E-state index is 0.456. The summed E-state index contributed by atoms with van der Waals surface area (Å²) in [5.41, 5.74) is 8.16. The van der Waals surface area contributed by atoms with E-state index in [0.29, 0.717) is 23.1 Å². The lowest BCUT2D eigenvalue weighted by Gasteiger charge is -2.07. The fraction of sp³-hybridized carbons (Fsp3) is 0.250. The molecule has 2 N–H and O–H groups in total. The molecule has 0 aliphatic rings. The minimum absolute atomic E-state index is 0.456. The number of nitrogens with two attached hydrogens (primary N) is 1. The van der Waals surface area contributed by atoms with E-state index >= 15 is 0 Å². The van der Waals surface area contributed by atoms with Crippen LogP contribution < -0.4 is 10.5 Å². The summed E-state index contributed by atoms with van der Waals surface area (Å²) in [5, 5.41) is 4.75. The summed E-state index contributed by atoms with van der Waals surface area (Å²) in [6, 6.07) is 7.22. The van der Waals surface area contributed by atoms with E-state index in [1.54, 1.807) is 22.9 Å². The molecule has 0 unspecified atom stereocenters. The van der Waals surface area contributed by atoms with Crippen molar-refractivity contribution in [2.24, 2.45) is 7.05 Å². The number of rotatable bonds is 3. The van der Waals surface area contributed by atoms with Crippen molar-refractivity contribution in [3.8, 4) is 5.75 Å². The average molecular weight is 252 g/mol. The van der Waals surface area contributed by atoms with Crippen LogP contribution >= 0.6 is 11.6 Å².